The summed E-state index contributed by atoms with van der Waals surface area (Å²) in [6.45, 7) is 0. The highest BCUT2D eigenvalue weighted by molar-refractivity contribution is 5.85. The maximum absolute atomic E-state index is 4.05. The Morgan fingerprint density at radius 3 is 2.65 bits per heavy atom. The van der Waals surface area contributed by atoms with Crippen LogP contribution >= 0.6 is 0 Å². The molecule has 1 heterocycles. The zero-order valence-corrected chi connectivity index (χ0v) is 9.30. The van der Waals surface area contributed by atoms with E-state index in [0.717, 1.165) is 11.3 Å². The van der Waals surface area contributed by atoms with Crippen molar-refractivity contribution in [2.24, 2.45) is 5.10 Å². The molecule has 82 valence electrons. The summed E-state index contributed by atoms with van der Waals surface area (Å²) in [5.41, 5.74) is 7.65. The highest BCUT2D eigenvalue weighted by Gasteiger charge is 2.03. The van der Waals surface area contributed by atoms with Crippen LogP contribution in [0.5, 0.6) is 0 Å². The summed E-state index contributed by atoms with van der Waals surface area (Å²) < 4.78 is 0. The Labute approximate surface area is 100 Å². The second-order valence-electron chi connectivity index (χ2n) is 3.92. The fourth-order valence-corrected chi connectivity index (χ4v) is 1.91. The van der Waals surface area contributed by atoms with E-state index in [1.54, 1.807) is 6.21 Å². The van der Waals surface area contributed by atoms with Crippen molar-refractivity contribution in [1.29, 1.82) is 0 Å². The fourth-order valence-electron chi connectivity index (χ4n) is 1.91. The van der Waals surface area contributed by atoms with Gasteiger partial charge in [0.1, 0.15) is 0 Å². The average molecular weight is 220 g/mol. The van der Waals surface area contributed by atoms with Crippen molar-refractivity contribution >= 4 is 18.0 Å². The van der Waals surface area contributed by atoms with E-state index in [2.05, 4.69) is 59.1 Å². The van der Waals surface area contributed by atoms with E-state index < -0.39 is 0 Å². The fraction of sp³-hybridized carbons (Fsp3) is 0. The van der Waals surface area contributed by atoms with Crippen molar-refractivity contribution in [1.82, 2.24) is 0 Å². The van der Waals surface area contributed by atoms with Gasteiger partial charge in [0.15, 0.2) is 0 Å². The minimum atomic E-state index is 1.04. The van der Waals surface area contributed by atoms with Crippen LogP contribution in [-0.2, 0) is 0 Å². The summed E-state index contributed by atoms with van der Waals surface area (Å²) in [7, 11) is 0. The van der Waals surface area contributed by atoms with Crippen molar-refractivity contribution < 1.29 is 0 Å². The van der Waals surface area contributed by atoms with E-state index >= 15 is 0 Å². The van der Waals surface area contributed by atoms with Gasteiger partial charge in [-0.25, -0.2) is 0 Å². The van der Waals surface area contributed by atoms with Gasteiger partial charge in [0, 0.05) is 11.8 Å². The number of nitrogens with zero attached hydrogens (tertiary/aromatic N) is 1. The first-order valence-corrected chi connectivity index (χ1v) is 5.59. The maximum Gasteiger partial charge on any atom is 0.0634 e. The third-order valence-electron chi connectivity index (χ3n) is 2.78. The Bertz CT molecular complexity index is 583. The van der Waals surface area contributed by atoms with Gasteiger partial charge in [0.2, 0.25) is 0 Å². The van der Waals surface area contributed by atoms with E-state index in [1.807, 2.05) is 12.1 Å². The number of nitrogens with one attached hydrogen (secondary N) is 1. The third kappa shape index (κ3) is 1.97. The van der Waals surface area contributed by atoms with Crippen LogP contribution in [0, 0.1) is 0 Å². The van der Waals surface area contributed by atoms with Gasteiger partial charge >= 0.3 is 0 Å². The molecule has 0 aromatic heterocycles. The zero-order chi connectivity index (χ0) is 11.5. The highest BCUT2D eigenvalue weighted by atomic mass is 15.3. The number of allylic oxidation sites excluding steroid dienone is 1. The number of hydrogen-bond acceptors (Lipinski definition) is 2. The van der Waals surface area contributed by atoms with Crippen LogP contribution < -0.4 is 5.43 Å². The molecule has 0 radical (unpaired) electrons. The van der Waals surface area contributed by atoms with E-state index in [1.165, 1.54) is 11.1 Å². The van der Waals surface area contributed by atoms with Gasteiger partial charge in [-0.05, 0) is 29.3 Å². The molecule has 1 N–H and O–H groups in total. The highest BCUT2D eigenvalue weighted by Crippen LogP contribution is 2.26. The van der Waals surface area contributed by atoms with E-state index in [-0.39, 0.29) is 0 Å². The van der Waals surface area contributed by atoms with E-state index in [0.29, 0.717) is 0 Å². The van der Waals surface area contributed by atoms with E-state index in [4.69, 9.17) is 0 Å². The third-order valence-corrected chi connectivity index (χ3v) is 2.78. The SMILES string of the molecule is C1=Cc2cc(-c3ccccc3)ccc2NN=C1. The molecule has 0 atom stereocenters. The number of hydrogen-bond donors (Lipinski definition) is 1. The molecule has 2 aromatic carbocycles. The van der Waals surface area contributed by atoms with Crippen LogP contribution in [-0.4, -0.2) is 6.21 Å². The second kappa shape index (κ2) is 4.26. The van der Waals surface area contributed by atoms with Crippen molar-refractivity contribution in [2.75, 3.05) is 5.43 Å². The topological polar surface area (TPSA) is 24.4 Å². The van der Waals surface area contributed by atoms with E-state index in [9.17, 15) is 0 Å². The van der Waals surface area contributed by atoms with Crippen molar-refractivity contribution in [2.45, 2.75) is 0 Å². The van der Waals surface area contributed by atoms with Crippen LogP contribution in [0.4, 0.5) is 5.69 Å². The summed E-state index contributed by atoms with van der Waals surface area (Å²) in [4.78, 5) is 0. The first-order valence-electron chi connectivity index (χ1n) is 5.59. The molecule has 3 rings (SSSR count). The number of hydrazone groups is 1. The molecular formula is C15H12N2. The minimum absolute atomic E-state index is 1.04. The smallest absolute Gasteiger partial charge is 0.0634 e. The van der Waals surface area contributed by atoms with Crippen LogP contribution in [0.25, 0.3) is 17.2 Å². The van der Waals surface area contributed by atoms with Crippen LogP contribution in [0.3, 0.4) is 0 Å². The van der Waals surface area contributed by atoms with Gasteiger partial charge < -0.3 is 0 Å². The van der Waals surface area contributed by atoms with Gasteiger partial charge in [-0.2, -0.15) is 5.10 Å². The monoisotopic (exact) mass is 220 g/mol. The molecule has 1 aliphatic rings. The van der Waals surface area contributed by atoms with Gasteiger partial charge in [-0.15, -0.1) is 0 Å². The Kier molecular flexibility index (Phi) is 2.47. The van der Waals surface area contributed by atoms with Gasteiger partial charge in [0.25, 0.3) is 0 Å². The second-order valence-corrected chi connectivity index (χ2v) is 3.92. The molecule has 0 aliphatic carbocycles. The molecule has 0 fully saturated rings. The Morgan fingerprint density at radius 2 is 1.76 bits per heavy atom. The molecule has 0 unspecified atom stereocenters. The van der Waals surface area contributed by atoms with Crippen molar-refractivity contribution in [3.63, 3.8) is 0 Å². The Hall–Kier alpha value is -2.35. The van der Waals surface area contributed by atoms with Crippen LogP contribution in [0.15, 0.2) is 59.7 Å². The lowest BCUT2D eigenvalue weighted by atomic mass is 10.0. The lowest BCUT2D eigenvalue weighted by Crippen LogP contribution is -1.90. The minimum Gasteiger partial charge on any atom is -0.278 e. The maximum atomic E-state index is 4.05. The first kappa shape index (κ1) is 9.85. The predicted octanol–water partition coefficient (Wildman–Crippen LogP) is 3.78. The molecule has 2 heteroatoms. The summed E-state index contributed by atoms with van der Waals surface area (Å²) in [5.74, 6) is 0. The van der Waals surface area contributed by atoms with Crippen LogP contribution in [0.1, 0.15) is 5.56 Å². The summed E-state index contributed by atoms with van der Waals surface area (Å²) in [6, 6.07) is 16.7. The predicted molar refractivity (Wildman–Crippen MR) is 73.0 cm³/mol. The average Bonchev–Trinajstić information content (AvgIpc) is 2.64. The molecule has 0 saturated carbocycles. The molecule has 0 saturated heterocycles. The zero-order valence-electron chi connectivity index (χ0n) is 9.30. The Morgan fingerprint density at radius 1 is 0.882 bits per heavy atom. The molecule has 0 bridgehead atoms. The number of fused-ring (bicyclic) bond motifs is 1. The number of benzene rings is 2. The number of anilines is 1. The van der Waals surface area contributed by atoms with Crippen molar-refractivity contribution in [3.05, 3.63) is 60.2 Å². The molecule has 1 aliphatic heterocycles. The molecule has 2 aromatic rings. The molecule has 17 heavy (non-hydrogen) atoms. The quantitative estimate of drug-likeness (QED) is 0.777. The summed E-state index contributed by atoms with van der Waals surface area (Å²) in [6.07, 6.45) is 5.75. The van der Waals surface area contributed by atoms with Gasteiger partial charge in [-0.3, -0.25) is 5.43 Å². The molecule has 0 amide bonds. The Balaban J connectivity index is 2.07. The van der Waals surface area contributed by atoms with Gasteiger partial charge in [0.05, 0.1) is 5.69 Å². The standard InChI is InChI=1S/C15H12N2/c1-2-5-12(6-3-1)13-8-9-15-14(11-13)7-4-10-16-17-15/h1-11,17H. The number of rotatable bonds is 1. The molecule has 2 nitrogen and oxygen atoms in total. The van der Waals surface area contributed by atoms with Gasteiger partial charge in [-0.1, -0.05) is 42.5 Å². The molecular weight excluding hydrogens is 208 g/mol. The summed E-state index contributed by atoms with van der Waals surface area (Å²) >= 11 is 0. The normalized spacial score (nSPS) is 12.7. The largest absolute Gasteiger partial charge is 0.278 e. The lowest BCUT2D eigenvalue weighted by molar-refractivity contribution is 1.35. The summed E-state index contributed by atoms with van der Waals surface area (Å²) in [5, 5.41) is 4.05. The lowest BCUT2D eigenvalue weighted by Gasteiger charge is -2.07. The van der Waals surface area contributed by atoms with Crippen LogP contribution in [0.2, 0.25) is 0 Å². The first-order chi connectivity index (χ1) is 8.43. The van der Waals surface area contributed by atoms with Crippen molar-refractivity contribution in [3.8, 4) is 11.1 Å². The molecule has 0 spiro atoms.